The zero-order chi connectivity index (χ0) is 29.4. The van der Waals surface area contributed by atoms with Crippen LogP contribution in [0.1, 0.15) is 48.1 Å². The molecule has 6 nitrogen and oxygen atoms in total. The number of hydrogen-bond donors (Lipinski definition) is 3. The third-order valence-corrected chi connectivity index (χ3v) is 6.68. The average Bonchev–Trinajstić information content (AvgIpc) is 3.00. The predicted octanol–water partition coefficient (Wildman–Crippen LogP) is 5.58. The third kappa shape index (κ3) is 5.97. The highest BCUT2D eigenvalue weighted by Crippen LogP contribution is 2.40. The molecule has 0 radical (unpaired) electrons. The van der Waals surface area contributed by atoms with Crippen molar-refractivity contribution in [2.75, 3.05) is 11.6 Å². The molecule has 1 heterocycles. The van der Waals surface area contributed by atoms with Gasteiger partial charge < -0.3 is 10.4 Å². The van der Waals surface area contributed by atoms with E-state index in [9.17, 15) is 41.0 Å². The maximum absolute atomic E-state index is 13.4. The van der Waals surface area contributed by atoms with Gasteiger partial charge >= 0.3 is 12.4 Å². The van der Waals surface area contributed by atoms with Gasteiger partial charge in [0.2, 0.25) is 0 Å². The van der Waals surface area contributed by atoms with Crippen LogP contribution < -0.4 is 15.8 Å². The maximum Gasteiger partial charge on any atom is 0.416 e. The number of nitrogens with zero attached hydrogens (tertiary/aromatic N) is 1. The first kappa shape index (κ1) is 29.1. The molecule has 3 N–H and O–H groups in total. The lowest BCUT2D eigenvalue weighted by molar-refractivity contribution is -0.143. The van der Waals surface area contributed by atoms with E-state index in [-0.39, 0.29) is 6.07 Å². The third-order valence-electron chi connectivity index (χ3n) is 6.68. The van der Waals surface area contributed by atoms with Crippen molar-refractivity contribution in [2.24, 2.45) is 0 Å². The Morgan fingerprint density at radius 1 is 0.925 bits per heavy atom. The van der Waals surface area contributed by atoms with E-state index in [2.05, 4.69) is 10.7 Å². The van der Waals surface area contributed by atoms with Crippen molar-refractivity contribution in [3.8, 4) is 11.1 Å². The van der Waals surface area contributed by atoms with Gasteiger partial charge in [-0.15, -0.1) is 0 Å². The molecule has 40 heavy (non-hydrogen) atoms. The van der Waals surface area contributed by atoms with Crippen LogP contribution in [0.2, 0.25) is 0 Å². The Kier molecular flexibility index (Phi) is 7.95. The molecule has 4 rings (SSSR count). The fourth-order valence-electron chi connectivity index (χ4n) is 4.45. The van der Waals surface area contributed by atoms with Crippen molar-refractivity contribution in [3.63, 3.8) is 0 Å². The smallest absolute Gasteiger partial charge is 0.387 e. The topological polar surface area (TPSA) is 81.7 Å². The van der Waals surface area contributed by atoms with Crippen LogP contribution in [0.25, 0.3) is 11.1 Å². The molecule has 3 aromatic rings. The van der Waals surface area contributed by atoms with Crippen molar-refractivity contribution >= 4 is 17.5 Å². The van der Waals surface area contributed by atoms with Crippen LogP contribution in [0.15, 0.2) is 66.7 Å². The van der Waals surface area contributed by atoms with E-state index in [4.69, 9.17) is 0 Å². The highest BCUT2D eigenvalue weighted by Gasteiger charge is 2.38. The molecule has 0 saturated carbocycles. The fourth-order valence-corrected chi connectivity index (χ4v) is 4.45. The number of anilines is 1. The summed E-state index contributed by atoms with van der Waals surface area (Å²) in [5, 5.41) is 14.1. The van der Waals surface area contributed by atoms with Crippen molar-refractivity contribution < 1.29 is 41.0 Å². The lowest BCUT2D eigenvalue weighted by Crippen LogP contribution is -2.53. The molecule has 0 aliphatic carbocycles. The number of benzene rings is 3. The quantitative estimate of drug-likeness (QED) is 0.341. The van der Waals surface area contributed by atoms with E-state index in [1.165, 1.54) is 6.92 Å². The first-order valence-electron chi connectivity index (χ1n) is 12.2. The van der Waals surface area contributed by atoms with Gasteiger partial charge in [0.15, 0.2) is 0 Å². The summed E-state index contributed by atoms with van der Waals surface area (Å²) in [7, 11) is 0. The largest absolute Gasteiger partial charge is 0.416 e. The summed E-state index contributed by atoms with van der Waals surface area (Å²) in [6, 6.07) is 14.0. The number of amides is 2. The molecule has 212 valence electrons. The monoisotopic (exact) mass is 565 g/mol. The molecule has 3 atom stereocenters. The summed E-state index contributed by atoms with van der Waals surface area (Å²) in [4.78, 5) is 26.4. The highest BCUT2D eigenvalue weighted by molar-refractivity contribution is 6.06. The molecule has 1 aliphatic rings. The highest BCUT2D eigenvalue weighted by atomic mass is 19.4. The van der Waals surface area contributed by atoms with Gasteiger partial charge in [-0.25, -0.2) is 5.01 Å². The molecule has 0 spiro atoms. The zero-order valence-corrected chi connectivity index (χ0v) is 21.3. The van der Waals surface area contributed by atoms with Gasteiger partial charge in [-0.2, -0.15) is 26.3 Å². The average molecular weight is 566 g/mol. The Labute approximate surface area is 225 Å². The van der Waals surface area contributed by atoms with Crippen molar-refractivity contribution in [1.82, 2.24) is 10.7 Å². The van der Waals surface area contributed by atoms with Crippen LogP contribution >= 0.6 is 0 Å². The van der Waals surface area contributed by atoms with Gasteiger partial charge in [0.1, 0.15) is 0 Å². The van der Waals surface area contributed by atoms with E-state index < -0.39 is 65.5 Å². The Bertz CT molecular complexity index is 1390. The van der Waals surface area contributed by atoms with E-state index in [1.807, 2.05) is 18.2 Å². The minimum Gasteiger partial charge on any atom is -0.387 e. The van der Waals surface area contributed by atoms with Gasteiger partial charge in [0, 0.05) is 12.1 Å². The number of carbonyl (C=O) groups excluding carboxylic acids is 2. The van der Waals surface area contributed by atoms with Crippen molar-refractivity contribution in [1.29, 1.82) is 0 Å². The minimum atomic E-state index is -5.07. The van der Waals surface area contributed by atoms with Crippen LogP contribution in [0.5, 0.6) is 0 Å². The number of fused-ring (bicyclic) bond motifs is 3. The molecule has 0 saturated heterocycles. The van der Waals surface area contributed by atoms with Gasteiger partial charge in [-0.3, -0.25) is 15.0 Å². The van der Waals surface area contributed by atoms with E-state index in [1.54, 1.807) is 37.3 Å². The second kappa shape index (κ2) is 10.9. The number of hydrazine groups is 1. The van der Waals surface area contributed by atoms with Gasteiger partial charge in [-0.05, 0) is 54.8 Å². The summed E-state index contributed by atoms with van der Waals surface area (Å²) in [5.74, 6) is -1.74. The zero-order valence-electron chi connectivity index (χ0n) is 21.3. The molecule has 0 bridgehead atoms. The molecular formula is C28H25F6N3O3. The van der Waals surface area contributed by atoms with Crippen LogP contribution in [-0.2, 0) is 21.9 Å². The molecule has 2 amide bonds. The lowest BCUT2D eigenvalue weighted by atomic mass is 9.92. The van der Waals surface area contributed by atoms with E-state index in [0.717, 1.165) is 16.1 Å². The molecule has 0 fully saturated rings. The van der Waals surface area contributed by atoms with Gasteiger partial charge in [-0.1, -0.05) is 42.5 Å². The SMILES string of the molecule is CC1C(=O)N(NC(=O)[C@H](C)NC[C@H](O)c2cc(C(F)(F)F)cc(C(F)(F)F)c2)c2ccccc2-c2ccccc21. The first-order valence-corrected chi connectivity index (χ1v) is 12.2. The number of nitrogens with one attached hydrogen (secondary N) is 2. The molecule has 12 heteroatoms. The summed E-state index contributed by atoms with van der Waals surface area (Å²) >= 11 is 0. The number of aliphatic hydroxyl groups excluding tert-OH is 1. The van der Waals surface area contributed by atoms with Crippen LogP contribution in [0.3, 0.4) is 0 Å². The summed E-state index contributed by atoms with van der Waals surface area (Å²) in [6.45, 7) is 2.54. The Morgan fingerprint density at radius 3 is 2.08 bits per heavy atom. The first-order chi connectivity index (χ1) is 18.7. The number of aliphatic hydroxyl groups is 1. The van der Waals surface area contributed by atoms with Crippen LogP contribution in [-0.4, -0.2) is 29.5 Å². The van der Waals surface area contributed by atoms with Crippen molar-refractivity contribution in [3.05, 3.63) is 89.0 Å². The van der Waals surface area contributed by atoms with Crippen LogP contribution in [0.4, 0.5) is 32.0 Å². The second-order valence-electron chi connectivity index (χ2n) is 9.46. The molecule has 0 aromatic heterocycles. The molecule has 1 unspecified atom stereocenters. The number of alkyl halides is 6. The van der Waals surface area contributed by atoms with Crippen molar-refractivity contribution in [2.45, 2.75) is 44.3 Å². The fraction of sp³-hybridized carbons (Fsp3) is 0.286. The Balaban J connectivity index is 1.51. The Hall–Kier alpha value is -3.90. The molecular weight excluding hydrogens is 540 g/mol. The lowest BCUT2D eigenvalue weighted by Gasteiger charge is -2.27. The number of hydrogen-bond acceptors (Lipinski definition) is 4. The maximum atomic E-state index is 13.4. The standard InChI is InChI=1S/C28H25F6N3O3/c1-15-20-7-3-4-8-21(20)22-9-5-6-10-23(22)37(26(15)40)36-25(39)16(2)35-14-24(38)17-11-18(27(29,30)31)13-19(12-17)28(32,33)34/h3-13,15-16,24,35,38H,14H2,1-2H3,(H,36,39)/t15?,16-,24-/m0/s1. The summed E-state index contributed by atoms with van der Waals surface area (Å²) in [5.41, 5.74) is 1.54. The summed E-state index contributed by atoms with van der Waals surface area (Å²) < 4.78 is 79.0. The van der Waals surface area contributed by atoms with Gasteiger partial charge in [0.25, 0.3) is 11.8 Å². The van der Waals surface area contributed by atoms with Gasteiger partial charge in [0.05, 0.1) is 34.9 Å². The Morgan fingerprint density at radius 2 is 1.48 bits per heavy atom. The number of halogens is 6. The molecule has 3 aromatic carbocycles. The molecule has 1 aliphatic heterocycles. The number of rotatable bonds is 6. The number of para-hydroxylation sites is 1. The van der Waals surface area contributed by atoms with E-state index in [0.29, 0.717) is 23.4 Å². The predicted molar refractivity (Wildman–Crippen MR) is 135 cm³/mol. The normalized spacial score (nSPS) is 17.0. The number of carbonyl (C=O) groups is 2. The summed E-state index contributed by atoms with van der Waals surface area (Å²) in [6.07, 6.45) is -11.9. The second-order valence-corrected chi connectivity index (χ2v) is 9.46. The van der Waals surface area contributed by atoms with E-state index >= 15 is 0 Å². The van der Waals surface area contributed by atoms with Crippen LogP contribution in [0, 0.1) is 0 Å². The minimum absolute atomic E-state index is 0.0327.